The molecule has 1 saturated heterocycles. The molecule has 1 aromatic heterocycles. The normalized spacial score (nSPS) is 19.9. The van der Waals surface area contributed by atoms with Gasteiger partial charge in [0.2, 0.25) is 5.89 Å². The Morgan fingerprint density at radius 2 is 2.11 bits per heavy atom. The van der Waals surface area contributed by atoms with E-state index in [4.69, 9.17) is 9.26 Å². The summed E-state index contributed by atoms with van der Waals surface area (Å²) in [4.78, 5) is 30.3. The summed E-state index contributed by atoms with van der Waals surface area (Å²) in [6.45, 7) is 4.70. The molecule has 2 aliphatic rings. The van der Waals surface area contributed by atoms with Gasteiger partial charge in [0.05, 0.1) is 5.69 Å². The van der Waals surface area contributed by atoms with E-state index >= 15 is 0 Å². The van der Waals surface area contributed by atoms with E-state index in [1.807, 2.05) is 0 Å². The van der Waals surface area contributed by atoms with Crippen molar-refractivity contribution in [3.05, 3.63) is 29.9 Å². The van der Waals surface area contributed by atoms with E-state index < -0.39 is 6.10 Å². The van der Waals surface area contributed by atoms with Gasteiger partial charge in [-0.3, -0.25) is 4.79 Å². The maximum absolute atomic E-state index is 12.5. The predicted octanol–water partition coefficient (Wildman–Crippen LogP) is 2.51. The molecule has 0 spiro atoms. The van der Waals surface area contributed by atoms with Crippen LogP contribution in [0.2, 0.25) is 0 Å². The predicted molar refractivity (Wildman–Crippen MR) is 96.8 cm³/mol. The highest BCUT2D eigenvalue weighted by Gasteiger charge is 2.28. The number of urea groups is 1. The Bertz CT molecular complexity index is 872. The third-order valence-corrected chi connectivity index (χ3v) is 4.84. The molecule has 27 heavy (non-hydrogen) atoms. The molecule has 1 aromatic carbocycles. The Labute approximate surface area is 156 Å². The van der Waals surface area contributed by atoms with Crippen molar-refractivity contribution in [3.8, 4) is 5.75 Å². The average molecular weight is 371 g/mol. The molecule has 9 heteroatoms. The number of aryl methyl sites for hydroxylation is 1. The SMILES string of the molecule is Cc1noc(C2CCN(C(=O)Nc3ccc4c(c3)NC(=O)C(C)O4)CC2)n1. The van der Waals surface area contributed by atoms with Crippen LogP contribution >= 0.6 is 0 Å². The first-order chi connectivity index (χ1) is 13.0. The van der Waals surface area contributed by atoms with Crippen molar-refractivity contribution < 1.29 is 18.8 Å². The molecule has 2 N–H and O–H groups in total. The van der Waals surface area contributed by atoms with Crippen molar-refractivity contribution in [1.29, 1.82) is 0 Å². The van der Waals surface area contributed by atoms with Gasteiger partial charge in [0.25, 0.3) is 5.91 Å². The molecule has 9 nitrogen and oxygen atoms in total. The zero-order valence-electron chi connectivity index (χ0n) is 15.2. The molecule has 1 fully saturated rings. The Hall–Kier alpha value is -3.10. The number of carbonyl (C=O) groups excluding carboxylic acids is 2. The molecule has 1 atom stereocenters. The fourth-order valence-electron chi connectivity index (χ4n) is 3.30. The van der Waals surface area contributed by atoms with Crippen molar-refractivity contribution in [2.24, 2.45) is 0 Å². The maximum atomic E-state index is 12.5. The minimum Gasteiger partial charge on any atom is -0.479 e. The second-order valence-corrected chi connectivity index (χ2v) is 6.83. The van der Waals surface area contributed by atoms with E-state index in [-0.39, 0.29) is 17.9 Å². The fraction of sp³-hybridized carbons (Fsp3) is 0.444. The molecule has 2 aliphatic heterocycles. The van der Waals surface area contributed by atoms with E-state index in [9.17, 15) is 9.59 Å². The lowest BCUT2D eigenvalue weighted by Crippen LogP contribution is -2.40. The summed E-state index contributed by atoms with van der Waals surface area (Å²) in [6.07, 6.45) is 1.03. The summed E-state index contributed by atoms with van der Waals surface area (Å²) >= 11 is 0. The van der Waals surface area contributed by atoms with Crippen molar-refractivity contribution in [3.63, 3.8) is 0 Å². The highest BCUT2D eigenvalue weighted by molar-refractivity contribution is 5.99. The number of carbonyl (C=O) groups is 2. The van der Waals surface area contributed by atoms with Crippen molar-refractivity contribution >= 4 is 23.3 Å². The number of hydrogen-bond donors (Lipinski definition) is 2. The van der Waals surface area contributed by atoms with Crippen molar-refractivity contribution in [1.82, 2.24) is 15.0 Å². The van der Waals surface area contributed by atoms with Gasteiger partial charge in [-0.25, -0.2) is 4.79 Å². The molecular weight excluding hydrogens is 350 g/mol. The molecule has 0 saturated carbocycles. The van der Waals surface area contributed by atoms with Crippen LogP contribution in [-0.2, 0) is 4.79 Å². The van der Waals surface area contributed by atoms with Crippen LogP contribution in [0.15, 0.2) is 22.7 Å². The number of anilines is 2. The topological polar surface area (TPSA) is 110 Å². The summed E-state index contributed by atoms with van der Waals surface area (Å²) in [5.41, 5.74) is 1.16. The lowest BCUT2D eigenvalue weighted by molar-refractivity contribution is -0.122. The number of amides is 3. The second kappa shape index (κ2) is 6.90. The Morgan fingerprint density at radius 1 is 1.33 bits per heavy atom. The Kier molecular flexibility index (Phi) is 4.43. The summed E-state index contributed by atoms with van der Waals surface area (Å²) in [5, 5.41) is 9.48. The largest absolute Gasteiger partial charge is 0.479 e. The van der Waals surface area contributed by atoms with E-state index in [0.29, 0.717) is 41.9 Å². The quantitative estimate of drug-likeness (QED) is 0.839. The molecule has 1 unspecified atom stereocenters. The van der Waals surface area contributed by atoms with Gasteiger partial charge in [-0.2, -0.15) is 4.98 Å². The number of rotatable bonds is 2. The molecule has 0 aliphatic carbocycles. The van der Waals surface area contributed by atoms with Crippen LogP contribution in [0.5, 0.6) is 5.75 Å². The van der Waals surface area contributed by atoms with Crippen LogP contribution in [0.4, 0.5) is 16.2 Å². The van der Waals surface area contributed by atoms with Crippen LogP contribution in [0.25, 0.3) is 0 Å². The number of benzene rings is 1. The summed E-state index contributed by atoms with van der Waals surface area (Å²) in [5.74, 6) is 1.85. The van der Waals surface area contributed by atoms with Crippen LogP contribution in [0, 0.1) is 6.92 Å². The summed E-state index contributed by atoms with van der Waals surface area (Å²) in [6, 6.07) is 5.02. The number of aromatic nitrogens is 2. The van der Waals surface area contributed by atoms with Gasteiger partial charge in [0.1, 0.15) is 5.75 Å². The smallest absolute Gasteiger partial charge is 0.321 e. The summed E-state index contributed by atoms with van der Waals surface area (Å²) < 4.78 is 10.8. The first-order valence-electron chi connectivity index (χ1n) is 8.97. The maximum Gasteiger partial charge on any atom is 0.321 e. The molecule has 142 valence electrons. The second-order valence-electron chi connectivity index (χ2n) is 6.83. The monoisotopic (exact) mass is 371 g/mol. The fourth-order valence-corrected chi connectivity index (χ4v) is 3.30. The number of ether oxygens (including phenoxy) is 1. The van der Waals surface area contributed by atoms with Gasteiger partial charge in [-0.15, -0.1) is 0 Å². The Balaban J connectivity index is 1.36. The molecule has 3 amide bonds. The van der Waals surface area contributed by atoms with Gasteiger partial charge in [-0.05, 0) is 44.9 Å². The van der Waals surface area contributed by atoms with E-state index in [1.54, 1.807) is 36.9 Å². The standard InChI is InChI=1S/C18H21N5O4/c1-10-16(24)21-14-9-13(3-4-15(14)26-10)20-18(25)23-7-5-12(6-8-23)17-19-11(2)22-27-17/h3-4,9-10,12H,5-8H2,1-2H3,(H,20,25)(H,21,24). The third kappa shape index (κ3) is 3.57. The minimum absolute atomic E-state index is 0.175. The zero-order chi connectivity index (χ0) is 19.0. The first-order valence-corrected chi connectivity index (χ1v) is 8.97. The van der Waals surface area contributed by atoms with Gasteiger partial charge in [0.15, 0.2) is 11.9 Å². The first kappa shape index (κ1) is 17.3. The number of fused-ring (bicyclic) bond motifs is 1. The minimum atomic E-state index is -0.526. The van der Waals surface area contributed by atoms with Gasteiger partial charge >= 0.3 is 6.03 Å². The van der Waals surface area contributed by atoms with Gasteiger partial charge < -0.3 is 24.8 Å². The lowest BCUT2D eigenvalue weighted by atomic mass is 9.97. The number of likely N-dealkylation sites (tertiary alicyclic amines) is 1. The lowest BCUT2D eigenvalue weighted by Gasteiger charge is -2.30. The van der Waals surface area contributed by atoms with E-state index in [2.05, 4.69) is 20.8 Å². The molecule has 0 radical (unpaired) electrons. The van der Waals surface area contributed by atoms with Crippen molar-refractivity contribution in [2.45, 2.75) is 38.7 Å². The molecule has 2 aromatic rings. The highest BCUT2D eigenvalue weighted by Crippen LogP contribution is 2.32. The third-order valence-electron chi connectivity index (χ3n) is 4.84. The number of nitrogens with one attached hydrogen (secondary N) is 2. The molecule has 3 heterocycles. The van der Waals surface area contributed by atoms with Crippen LogP contribution in [0.3, 0.4) is 0 Å². The van der Waals surface area contributed by atoms with Gasteiger partial charge in [0, 0.05) is 24.7 Å². The molecule has 4 rings (SSSR count). The number of nitrogens with zero attached hydrogens (tertiary/aromatic N) is 3. The van der Waals surface area contributed by atoms with Crippen LogP contribution in [-0.4, -0.2) is 46.2 Å². The molecule has 0 bridgehead atoms. The van der Waals surface area contributed by atoms with Crippen LogP contribution < -0.4 is 15.4 Å². The number of piperidine rings is 1. The average Bonchev–Trinajstić information content (AvgIpc) is 3.09. The van der Waals surface area contributed by atoms with E-state index in [0.717, 1.165) is 12.8 Å². The Morgan fingerprint density at radius 3 is 2.81 bits per heavy atom. The van der Waals surface area contributed by atoms with Crippen LogP contribution in [0.1, 0.15) is 37.4 Å². The van der Waals surface area contributed by atoms with E-state index in [1.165, 1.54) is 0 Å². The molecular formula is C18H21N5O4. The number of hydrogen-bond acceptors (Lipinski definition) is 6. The van der Waals surface area contributed by atoms with Crippen molar-refractivity contribution in [2.75, 3.05) is 23.7 Å². The summed E-state index contributed by atoms with van der Waals surface area (Å²) in [7, 11) is 0. The zero-order valence-corrected chi connectivity index (χ0v) is 15.2. The highest BCUT2D eigenvalue weighted by atomic mass is 16.5. The van der Waals surface area contributed by atoms with Gasteiger partial charge in [-0.1, -0.05) is 5.16 Å².